The minimum atomic E-state index is -3.73. The molecule has 1 aromatic heterocycles. The summed E-state index contributed by atoms with van der Waals surface area (Å²) in [4.78, 5) is 10.7. The van der Waals surface area contributed by atoms with E-state index in [0.29, 0.717) is 6.54 Å². The van der Waals surface area contributed by atoms with E-state index in [4.69, 9.17) is 9.52 Å². The summed E-state index contributed by atoms with van der Waals surface area (Å²) in [6, 6.07) is 0.937. The second-order valence-corrected chi connectivity index (χ2v) is 7.40. The van der Waals surface area contributed by atoms with Crippen LogP contribution in [0.5, 0.6) is 0 Å². The minimum Gasteiger partial charge on any atom is -0.475 e. The van der Waals surface area contributed by atoms with Gasteiger partial charge in [0.1, 0.15) is 4.90 Å². The first-order valence-corrected chi connectivity index (χ1v) is 8.01. The highest BCUT2D eigenvalue weighted by Crippen LogP contribution is 2.34. The smallest absolute Gasteiger partial charge is 0.371 e. The number of sulfonamides is 1. The fraction of sp³-hybridized carbons (Fsp3) is 0.545. The standard InChI is InChI=1S/C11H14BrNO5S/c1-6-3-7(2)13(5-6)19(16,17)9-4-8(11(14)15)18-10(9)12/h4,6-7H,3,5H2,1-2H3,(H,14,15). The third-order valence-electron chi connectivity index (χ3n) is 3.18. The fourth-order valence-electron chi connectivity index (χ4n) is 2.36. The van der Waals surface area contributed by atoms with E-state index in [9.17, 15) is 13.2 Å². The first kappa shape index (κ1) is 14.5. The fourth-order valence-corrected chi connectivity index (χ4v) is 5.02. The van der Waals surface area contributed by atoms with Gasteiger partial charge in [0.05, 0.1) is 0 Å². The Kier molecular flexibility index (Phi) is 3.76. The quantitative estimate of drug-likeness (QED) is 0.901. The molecule has 0 bridgehead atoms. The minimum absolute atomic E-state index is 0.0725. The molecule has 19 heavy (non-hydrogen) atoms. The van der Waals surface area contributed by atoms with Gasteiger partial charge in [-0.05, 0) is 35.2 Å². The number of carbonyl (C=O) groups is 1. The van der Waals surface area contributed by atoms with E-state index in [0.717, 1.165) is 12.5 Å². The molecular formula is C11H14BrNO5S. The lowest BCUT2D eigenvalue weighted by molar-refractivity contribution is 0.0661. The highest BCUT2D eigenvalue weighted by atomic mass is 79.9. The van der Waals surface area contributed by atoms with Crippen molar-refractivity contribution in [3.05, 3.63) is 16.5 Å². The van der Waals surface area contributed by atoms with Crippen LogP contribution in [-0.2, 0) is 10.0 Å². The second kappa shape index (κ2) is 4.92. The van der Waals surface area contributed by atoms with Gasteiger partial charge in [-0.15, -0.1) is 0 Å². The number of nitrogens with zero attached hydrogens (tertiary/aromatic N) is 1. The third-order valence-corrected chi connectivity index (χ3v) is 6.02. The summed E-state index contributed by atoms with van der Waals surface area (Å²) in [5.41, 5.74) is 0. The van der Waals surface area contributed by atoms with Gasteiger partial charge >= 0.3 is 5.97 Å². The molecule has 6 nitrogen and oxygen atoms in total. The maximum absolute atomic E-state index is 12.5. The Morgan fingerprint density at radius 3 is 2.58 bits per heavy atom. The Morgan fingerprint density at radius 2 is 2.16 bits per heavy atom. The molecule has 0 radical (unpaired) electrons. The zero-order chi connectivity index (χ0) is 14.4. The van der Waals surface area contributed by atoms with Gasteiger partial charge in [0.15, 0.2) is 4.67 Å². The number of aromatic carboxylic acids is 1. The van der Waals surface area contributed by atoms with Crippen LogP contribution in [-0.4, -0.2) is 36.4 Å². The molecule has 1 N–H and O–H groups in total. The van der Waals surface area contributed by atoms with Crippen LogP contribution in [0.2, 0.25) is 0 Å². The molecule has 0 aromatic carbocycles. The lowest BCUT2D eigenvalue weighted by Gasteiger charge is -2.20. The largest absolute Gasteiger partial charge is 0.475 e. The first-order valence-electron chi connectivity index (χ1n) is 5.78. The predicted molar refractivity (Wildman–Crippen MR) is 70.5 cm³/mol. The molecule has 1 aliphatic rings. The molecule has 2 atom stereocenters. The van der Waals surface area contributed by atoms with Crippen molar-refractivity contribution in [2.24, 2.45) is 5.92 Å². The van der Waals surface area contributed by atoms with Crippen LogP contribution < -0.4 is 0 Å². The number of hydrogen-bond donors (Lipinski definition) is 1. The Bertz CT molecular complexity index is 609. The molecule has 0 saturated carbocycles. The number of halogens is 1. The summed E-state index contributed by atoms with van der Waals surface area (Å²) in [6.45, 7) is 4.26. The summed E-state index contributed by atoms with van der Waals surface area (Å²) < 4.78 is 31.2. The normalized spacial score (nSPS) is 24.8. The van der Waals surface area contributed by atoms with Gasteiger partial charge in [-0.3, -0.25) is 0 Å². The van der Waals surface area contributed by atoms with Gasteiger partial charge in [-0.1, -0.05) is 6.92 Å². The van der Waals surface area contributed by atoms with E-state index >= 15 is 0 Å². The highest BCUT2D eigenvalue weighted by molar-refractivity contribution is 9.10. The van der Waals surface area contributed by atoms with Crippen LogP contribution in [0.15, 0.2) is 20.0 Å². The maximum Gasteiger partial charge on any atom is 0.371 e. The topological polar surface area (TPSA) is 87.8 Å². The third kappa shape index (κ3) is 2.56. The van der Waals surface area contributed by atoms with E-state index in [2.05, 4.69) is 15.9 Å². The van der Waals surface area contributed by atoms with Crippen LogP contribution in [0.25, 0.3) is 0 Å². The molecule has 1 saturated heterocycles. The average Bonchev–Trinajstić information content (AvgIpc) is 2.82. The molecule has 8 heteroatoms. The van der Waals surface area contributed by atoms with Crippen LogP contribution in [0, 0.1) is 5.92 Å². The molecule has 1 aromatic rings. The molecule has 106 valence electrons. The summed E-state index contributed by atoms with van der Waals surface area (Å²) in [6.07, 6.45) is 0.792. The maximum atomic E-state index is 12.5. The number of furan rings is 1. The molecular weight excluding hydrogens is 338 g/mol. The second-order valence-electron chi connectivity index (χ2n) is 4.82. The zero-order valence-electron chi connectivity index (χ0n) is 10.5. The Hall–Kier alpha value is -0.860. The van der Waals surface area contributed by atoms with E-state index in [1.165, 1.54) is 4.31 Å². The molecule has 2 rings (SSSR count). The van der Waals surface area contributed by atoms with Crippen LogP contribution in [0.4, 0.5) is 0 Å². The first-order chi connectivity index (χ1) is 8.73. The van der Waals surface area contributed by atoms with Gasteiger partial charge < -0.3 is 9.52 Å². The SMILES string of the molecule is CC1CC(C)N(S(=O)(=O)c2cc(C(=O)O)oc2Br)C1. The molecule has 1 aliphatic heterocycles. The van der Waals surface area contributed by atoms with Crippen LogP contribution in [0.3, 0.4) is 0 Å². The van der Waals surface area contributed by atoms with Gasteiger partial charge in [0.25, 0.3) is 0 Å². The van der Waals surface area contributed by atoms with Crippen molar-refractivity contribution in [1.29, 1.82) is 0 Å². The summed E-state index contributed by atoms with van der Waals surface area (Å²) in [5, 5.41) is 8.82. The lowest BCUT2D eigenvalue weighted by Crippen LogP contribution is -2.33. The van der Waals surface area contributed by atoms with Crippen LogP contribution >= 0.6 is 15.9 Å². The van der Waals surface area contributed by atoms with Crippen molar-refractivity contribution >= 4 is 31.9 Å². The van der Waals surface area contributed by atoms with Gasteiger partial charge in [0, 0.05) is 18.7 Å². The monoisotopic (exact) mass is 351 g/mol. The summed E-state index contributed by atoms with van der Waals surface area (Å²) in [5.74, 6) is -1.41. The van der Waals surface area contributed by atoms with E-state index in [-0.39, 0.29) is 21.5 Å². The molecule has 0 amide bonds. The Balaban J connectivity index is 2.42. The molecule has 1 fully saturated rings. The zero-order valence-corrected chi connectivity index (χ0v) is 12.9. The molecule has 2 unspecified atom stereocenters. The predicted octanol–water partition coefficient (Wildman–Crippen LogP) is 2.16. The van der Waals surface area contributed by atoms with Gasteiger partial charge in [-0.25, -0.2) is 13.2 Å². The van der Waals surface area contributed by atoms with Crippen molar-refractivity contribution in [2.75, 3.05) is 6.54 Å². The molecule has 0 aliphatic carbocycles. The van der Waals surface area contributed by atoms with E-state index < -0.39 is 21.8 Å². The van der Waals surface area contributed by atoms with Gasteiger partial charge in [-0.2, -0.15) is 4.31 Å². The Labute approximate surface area is 119 Å². The van der Waals surface area contributed by atoms with Crippen molar-refractivity contribution in [3.63, 3.8) is 0 Å². The number of carboxylic acid groups (broad SMARTS) is 1. The Morgan fingerprint density at radius 1 is 1.53 bits per heavy atom. The van der Waals surface area contributed by atoms with Crippen LogP contribution in [0.1, 0.15) is 30.8 Å². The van der Waals surface area contributed by atoms with Crippen molar-refractivity contribution in [3.8, 4) is 0 Å². The van der Waals surface area contributed by atoms with Crippen molar-refractivity contribution < 1.29 is 22.7 Å². The highest BCUT2D eigenvalue weighted by Gasteiger charge is 2.38. The number of carboxylic acids is 1. The number of hydrogen-bond acceptors (Lipinski definition) is 4. The van der Waals surface area contributed by atoms with E-state index in [1.54, 1.807) is 0 Å². The van der Waals surface area contributed by atoms with E-state index in [1.807, 2.05) is 13.8 Å². The average molecular weight is 352 g/mol. The van der Waals surface area contributed by atoms with Gasteiger partial charge in [0.2, 0.25) is 15.8 Å². The number of rotatable bonds is 3. The summed E-state index contributed by atoms with van der Waals surface area (Å²) in [7, 11) is -3.73. The lowest BCUT2D eigenvalue weighted by atomic mass is 10.1. The van der Waals surface area contributed by atoms with Crippen molar-refractivity contribution in [1.82, 2.24) is 4.31 Å². The molecule has 0 spiro atoms. The molecule has 2 heterocycles. The van der Waals surface area contributed by atoms with Crippen molar-refractivity contribution in [2.45, 2.75) is 31.2 Å². The summed E-state index contributed by atoms with van der Waals surface area (Å²) >= 11 is 2.97.